The Hall–Kier alpha value is -3.83. The van der Waals surface area contributed by atoms with Crippen LogP contribution in [0.25, 0.3) is 16.9 Å². The van der Waals surface area contributed by atoms with Crippen molar-refractivity contribution < 1.29 is 0 Å². The molecule has 6 rings (SSSR count). The first kappa shape index (κ1) is 18.0. The summed E-state index contributed by atoms with van der Waals surface area (Å²) in [5.74, 6) is 0. The van der Waals surface area contributed by atoms with Gasteiger partial charge in [-0.15, -0.1) is 5.10 Å². The number of hydrogen-bond donors (Lipinski definition) is 0. The summed E-state index contributed by atoms with van der Waals surface area (Å²) in [5, 5.41) is 8.66. The summed E-state index contributed by atoms with van der Waals surface area (Å²) in [7, 11) is 0. The Balaban J connectivity index is 1.37. The summed E-state index contributed by atoms with van der Waals surface area (Å²) in [6.07, 6.45) is 1.96. The summed E-state index contributed by atoms with van der Waals surface area (Å²) >= 11 is 1.82. The summed E-state index contributed by atoms with van der Waals surface area (Å²) in [4.78, 5) is 4.84. The quantitative estimate of drug-likeness (QED) is 0.314. The molecule has 0 amide bonds. The third-order valence-electron chi connectivity index (χ3n) is 5.37. The van der Waals surface area contributed by atoms with Crippen molar-refractivity contribution in [1.82, 2.24) is 15.0 Å². The van der Waals surface area contributed by atoms with Crippen LogP contribution in [0.4, 0.5) is 17.1 Å². The smallest absolute Gasteiger partial charge is 0.113 e. The van der Waals surface area contributed by atoms with E-state index >= 15 is 0 Å². The van der Waals surface area contributed by atoms with Gasteiger partial charge in [-0.1, -0.05) is 71.6 Å². The fraction of sp³-hybridized carbons (Fsp3) is 0. The molecule has 0 atom stereocenters. The molecule has 0 saturated carbocycles. The molecule has 0 N–H and O–H groups in total. The van der Waals surface area contributed by atoms with Crippen molar-refractivity contribution in [2.45, 2.75) is 9.79 Å². The number of benzene rings is 4. The highest BCUT2D eigenvalue weighted by atomic mass is 32.2. The highest BCUT2D eigenvalue weighted by molar-refractivity contribution is 7.99. The SMILES string of the molecule is c1ccc(-c2cn(-c3ccc(N4c5ccccc5Sc5ccccc54)cc3)nn2)cc1. The second-order valence-corrected chi connectivity index (χ2v) is 8.39. The van der Waals surface area contributed by atoms with E-state index in [1.54, 1.807) is 0 Å². The second-order valence-electron chi connectivity index (χ2n) is 7.30. The van der Waals surface area contributed by atoms with E-state index in [2.05, 4.69) is 88.0 Å². The van der Waals surface area contributed by atoms with E-state index in [1.165, 1.54) is 21.2 Å². The number of aromatic nitrogens is 3. The molecule has 0 aliphatic carbocycles. The maximum atomic E-state index is 4.33. The molecular formula is C26H18N4S. The third-order valence-corrected chi connectivity index (χ3v) is 6.50. The minimum absolute atomic E-state index is 0.862. The minimum atomic E-state index is 0.862. The molecule has 31 heavy (non-hydrogen) atoms. The molecule has 1 aromatic heterocycles. The first-order valence-electron chi connectivity index (χ1n) is 10.1. The number of anilines is 3. The third kappa shape index (κ3) is 3.20. The van der Waals surface area contributed by atoms with Crippen LogP contribution in [0.3, 0.4) is 0 Å². The molecule has 1 aliphatic rings. The molecule has 2 heterocycles. The summed E-state index contributed by atoms with van der Waals surface area (Å²) in [5.41, 5.74) is 6.42. The van der Waals surface area contributed by atoms with Crippen molar-refractivity contribution in [2.75, 3.05) is 4.90 Å². The minimum Gasteiger partial charge on any atom is -0.308 e. The Morgan fingerprint density at radius 1 is 0.581 bits per heavy atom. The van der Waals surface area contributed by atoms with Crippen molar-refractivity contribution in [1.29, 1.82) is 0 Å². The number of nitrogens with zero attached hydrogens (tertiary/aromatic N) is 4. The van der Waals surface area contributed by atoms with E-state index in [9.17, 15) is 0 Å². The molecule has 4 aromatic carbocycles. The van der Waals surface area contributed by atoms with Gasteiger partial charge in [-0.05, 0) is 48.5 Å². The van der Waals surface area contributed by atoms with E-state index in [1.807, 2.05) is 53.0 Å². The van der Waals surface area contributed by atoms with E-state index < -0.39 is 0 Å². The highest BCUT2D eigenvalue weighted by Crippen LogP contribution is 2.51. The van der Waals surface area contributed by atoms with Gasteiger partial charge in [0.15, 0.2) is 0 Å². The lowest BCUT2D eigenvalue weighted by atomic mass is 10.1. The summed E-state index contributed by atoms with van der Waals surface area (Å²) in [6.45, 7) is 0. The first-order valence-corrected chi connectivity index (χ1v) is 10.9. The fourth-order valence-electron chi connectivity index (χ4n) is 3.87. The van der Waals surface area contributed by atoms with E-state index in [0.717, 1.165) is 22.6 Å². The Morgan fingerprint density at radius 2 is 1.16 bits per heavy atom. The Bertz CT molecular complexity index is 1310. The van der Waals surface area contributed by atoms with Crippen LogP contribution in [0, 0.1) is 0 Å². The zero-order chi connectivity index (χ0) is 20.6. The predicted molar refractivity (Wildman–Crippen MR) is 126 cm³/mol. The molecular weight excluding hydrogens is 400 g/mol. The van der Waals surface area contributed by atoms with Gasteiger partial charge in [0.2, 0.25) is 0 Å². The predicted octanol–water partition coefficient (Wildman–Crippen LogP) is 6.87. The van der Waals surface area contributed by atoms with Gasteiger partial charge in [0.05, 0.1) is 23.3 Å². The maximum absolute atomic E-state index is 4.33. The second kappa shape index (κ2) is 7.45. The average Bonchev–Trinajstić information content (AvgIpc) is 3.34. The lowest BCUT2D eigenvalue weighted by Crippen LogP contribution is -2.14. The molecule has 148 valence electrons. The average molecular weight is 419 g/mol. The van der Waals surface area contributed by atoms with Gasteiger partial charge in [-0.3, -0.25) is 0 Å². The molecule has 0 fully saturated rings. The summed E-state index contributed by atoms with van der Waals surface area (Å²) in [6, 6.07) is 35.6. The number of fused-ring (bicyclic) bond motifs is 2. The van der Waals surface area contributed by atoms with Gasteiger partial charge in [-0.25, -0.2) is 4.68 Å². The Kier molecular flexibility index (Phi) is 4.32. The van der Waals surface area contributed by atoms with Crippen molar-refractivity contribution in [3.63, 3.8) is 0 Å². The molecule has 0 saturated heterocycles. The van der Waals surface area contributed by atoms with Crippen LogP contribution in [-0.2, 0) is 0 Å². The van der Waals surface area contributed by atoms with Gasteiger partial charge in [0, 0.05) is 21.0 Å². The lowest BCUT2D eigenvalue weighted by Gasteiger charge is -2.32. The standard InChI is InChI=1S/C26H18N4S/c1-2-8-19(9-3-1)22-18-29(28-27-22)20-14-16-21(17-15-20)30-23-10-4-6-12-25(23)31-26-13-7-5-11-24(26)30/h1-18H. The van der Waals surface area contributed by atoms with Gasteiger partial charge >= 0.3 is 0 Å². The van der Waals surface area contributed by atoms with Gasteiger partial charge in [0.1, 0.15) is 5.69 Å². The Labute approximate surface area is 184 Å². The van der Waals surface area contributed by atoms with Gasteiger partial charge in [0.25, 0.3) is 0 Å². The fourth-order valence-corrected chi connectivity index (χ4v) is 4.93. The normalized spacial score (nSPS) is 12.3. The highest BCUT2D eigenvalue weighted by Gasteiger charge is 2.24. The van der Waals surface area contributed by atoms with Crippen LogP contribution in [0.5, 0.6) is 0 Å². The van der Waals surface area contributed by atoms with E-state index in [0.29, 0.717) is 0 Å². The Morgan fingerprint density at radius 3 is 1.84 bits per heavy atom. The van der Waals surface area contributed by atoms with Crippen molar-refractivity contribution in [2.24, 2.45) is 0 Å². The number of para-hydroxylation sites is 2. The van der Waals surface area contributed by atoms with Gasteiger partial charge in [-0.2, -0.15) is 0 Å². The van der Waals surface area contributed by atoms with Crippen LogP contribution in [0.2, 0.25) is 0 Å². The van der Waals surface area contributed by atoms with Crippen LogP contribution in [-0.4, -0.2) is 15.0 Å². The van der Waals surface area contributed by atoms with E-state index in [4.69, 9.17) is 0 Å². The zero-order valence-electron chi connectivity index (χ0n) is 16.6. The molecule has 0 radical (unpaired) electrons. The van der Waals surface area contributed by atoms with Crippen molar-refractivity contribution in [3.05, 3.63) is 109 Å². The first-order chi connectivity index (χ1) is 15.4. The summed E-state index contributed by atoms with van der Waals surface area (Å²) < 4.78 is 1.82. The monoisotopic (exact) mass is 418 g/mol. The van der Waals surface area contributed by atoms with E-state index in [-0.39, 0.29) is 0 Å². The largest absolute Gasteiger partial charge is 0.308 e. The zero-order valence-corrected chi connectivity index (χ0v) is 17.4. The molecule has 5 heteroatoms. The van der Waals surface area contributed by atoms with Crippen molar-refractivity contribution in [3.8, 4) is 16.9 Å². The number of rotatable bonds is 3. The van der Waals surface area contributed by atoms with Crippen LogP contribution >= 0.6 is 11.8 Å². The molecule has 0 unspecified atom stereocenters. The van der Waals surface area contributed by atoms with Gasteiger partial charge < -0.3 is 4.90 Å². The van der Waals surface area contributed by atoms with Crippen molar-refractivity contribution >= 4 is 28.8 Å². The topological polar surface area (TPSA) is 34.0 Å². The lowest BCUT2D eigenvalue weighted by molar-refractivity contribution is 0.804. The molecule has 1 aliphatic heterocycles. The molecule has 0 bridgehead atoms. The molecule has 4 nitrogen and oxygen atoms in total. The molecule has 5 aromatic rings. The maximum Gasteiger partial charge on any atom is 0.113 e. The van der Waals surface area contributed by atoms with Crippen LogP contribution < -0.4 is 4.90 Å². The van der Waals surface area contributed by atoms with Crippen LogP contribution in [0.15, 0.2) is 119 Å². The number of hydrogen-bond acceptors (Lipinski definition) is 4. The molecule has 0 spiro atoms. The van der Waals surface area contributed by atoms with Crippen LogP contribution in [0.1, 0.15) is 0 Å².